The summed E-state index contributed by atoms with van der Waals surface area (Å²) >= 11 is 0. The van der Waals surface area contributed by atoms with Gasteiger partial charge in [-0.3, -0.25) is 9.89 Å². The molecule has 6 heteroatoms. The molecule has 1 aromatic carbocycles. The Balaban J connectivity index is 0.00000261. The van der Waals surface area contributed by atoms with Crippen LogP contribution >= 0.6 is 24.0 Å². The van der Waals surface area contributed by atoms with Crippen molar-refractivity contribution in [1.29, 1.82) is 0 Å². The fourth-order valence-corrected chi connectivity index (χ4v) is 3.96. The summed E-state index contributed by atoms with van der Waals surface area (Å²) in [5.41, 5.74) is 2.66. The number of morpholine rings is 1. The highest BCUT2D eigenvalue weighted by Gasteiger charge is 2.23. The van der Waals surface area contributed by atoms with E-state index >= 15 is 0 Å². The van der Waals surface area contributed by atoms with Crippen molar-refractivity contribution in [2.24, 2.45) is 4.99 Å². The fraction of sp³-hybridized carbons (Fsp3) is 0.667. The predicted octanol–water partition coefficient (Wildman–Crippen LogP) is 3.48. The van der Waals surface area contributed by atoms with E-state index in [-0.39, 0.29) is 24.0 Å². The van der Waals surface area contributed by atoms with E-state index in [0.717, 1.165) is 38.8 Å². The summed E-state index contributed by atoms with van der Waals surface area (Å²) in [6.07, 6.45) is 6.54. The van der Waals surface area contributed by atoms with Gasteiger partial charge in [0.05, 0.1) is 19.3 Å². The molecule has 5 nitrogen and oxygen atoms in total. The van der Waals surface area contributed by atoms with E-state index in [2.05, 4.69) is 51.7 Å². The van der Waals surface area contributed by atoms with Gasteiger partial charge >= 0.3 is 0 Å². The van der Waals surface area contributed by atoms with Gasteiger partial charge in [0.1, 0.15) is 0 Å². The van der Waals surface area contributed by atoms with Crippen molar-refractivity contribution in [3.05, 3.63) is 35.4 Å². The SMILES string of the molecule is CN=C(NCC(c1ccc(C)cc1)N1CCOCC1)NC1CCCCC1.I. The molecule has 1 aliphatic heterocycles. The lowest BCUT2D eigenvalue weighted by Crippen LogP contribution is -2.48. The maximum absolute atomic E-state index is 5.55. The number of guanidine groups is 1. The van der Waals surface area contributed by atoms with Crippen LogP contribution in [0, 0.1) is 6.92 Å². The Morgan fingerprint density at radius 3 is 2.44 bits per heavy atom. The summed E-state index contributed by atoms with van der Waals surface area (Å²) in [6, 6.07) is 9.83. The van der Waals surface area contributed by atoms with Crippen molar-refractivity contribution in [1.82, 2.24) is 15.5 Å². The number of ether oxygens (including phenoxy) is 1. The van der Waals surface area contributed by atoms with Gasteiger partial charge in [0.25, 0.3) is 0 Å². The summed E-state index contributed by atoms with van der Waals surface area (Å²) in [7, 11) is 1.87. The van der Waals surface area contributed by atoms with Gasteiger partial charge in [-0.15, -0.1) is 24.0 Å². The standard InChI is InChI=1S/C21H34N4O.HI/c1-17-8-10-18(11-9-17)20(25-12-14-26-15-13-25)16-23-21(22-2)24-19-6-4-3-5-7-19;/h8-11,19-20H,3-7,12-16H2,1-2H3,(H2,22,23,24);1H. The fourth-order valence-electron chi connectivity index (χ4n) is 3.96. The third-order valence-corrected chi connectivity index (χ3v) is 5.58. The molecule has 0 aromatic heterocycles. The van der Waals surface area contributed by atoms with E-state index in [4.69, 9.17) is 4.74 Å². The molecule has 2 fully saturated rings. The number of hydrogen-bond acceptors (Lipinski definition) is 3. The Morgan fingerprint density at radius 2 is 1.81 bits per heavy atom. The Morgan fingerprint density at radius 1 is 1.15 bits per heavy atom. The molecule has 1 aromatic rings. The number of aliphatic imine (C=N–C) groups is 1. The molecule has 27 heavy (non-hydrogen) atoms. The molecule has 1 heterocycles. The van der Waals surface area contributed by atoms with Gasteiger partial charge in [0, 0.05) is 32.7 Å². The summed E-state index contributed by atoms with van der Waals surface area (Å²) in [5.74, 6) is 0.933. The first-order chi connectivity index (χ1) is 12.8. The molecule has 2 N–H and O–H groups in total. The zero-order valence-electron chi connectivity index (χ0n) is 16.7. The van der Waals surface area contributed by atoms with Gasteiger partial charge in [-0.1, -0.05) is 49.1 Å². The van der Waals surface area contributed by atoms with Crippen LogP contribution < -0.4 is 10.6 Å². The lowest BCUT2D eigenvalue weighted by Gasteiger charge is -2.35. The normalized spacial score (nSPS) is 20.6. The molecule has 1 saturated heterocycles. The molecule has 0 radical (unpaired) electrons. The highest BCUT2D eigenvalue weighted by Crippen LogP contribution is 2.22. The monoisotopic (exact) mass is 486 g/mol. The minimum absolute atomic E-state index is 0. The molecule has 1 atom stereocenters. The predicted molar refractivity (Wildman–Crippen MR) is 123 cm³/mol. The Kier molecular flexibility index (Phi) is 9.86. The first-order valence-electron chi connectivity index (χ1n) is 10.1. The van der Waals surface area contributed by atoms with E-state index in [1.807, 2.05) is 7.05 Å². The second-order valence-electron chi connectivity index (χ2n) is 7.51. The third-order valence-electron chi connectivity index (χ3n) is 5.58. The third kappa shape index (κ3) is 6.91. The maximum Gasteiger partial charge on any atom is 0.191 e. The molecular weight excluding hydrogens is 451 g/mol. The van der Waals surface area contributed by atoms with E-state index in [0.29, 0.717) is 12.1 Å². The molecule has 2 aliphatic rings. The van der Waals surface area contributed by atoms with Gasteiger partial charge in [-0.05, 0) is 25.3 Å². The highest BCUT2D eigenvalue weighted by molar-refractivity contribution is 14.0. The van der Waals surface area contributed by atoms with Crippen LogP contribution in [0.1, 0.15) is 49.3 Å². The average Bonchev–Trinajstić information content (AvgIpc) is 2.70. The molecule has 0 bridgehead atoms. The summed E-state index contributed by atoms with van der Waals surface area (Å²) in [4.78, 5) is 6.98. The number of aryl methyl sites for hydroxylation is 1. The number of benzene rings is 1. The van der Waals surface area contributed by atoms with Crippen LogP contribution in [0.2, 0.25) is 0 Å². The number of nitrogens with zero attached hydrogens (tertiary/aromatic N) is 2. The quantitative estimate of drug-likeness (QED) is 0.380. The zero-order chi connectivity index (χ0) is 18.2. The lowest BCUT2D eigenvalue weighted by atomic mass is 9.96. The Hall–Kier alpha value is -0.860. The lowest BCUT2D eigenvalue weighted by molar-refractivity contribution is 0.0170. The molecule has 1 unspecified atom stereocenters. The van der Waals surface area contributed by atoms with E-state index in [1.54, 1.807) is 0 Å². The zero-order valence-corrected chi connectivity index (χ0v) is 19.1. The van der Waals surface area contributed by atoms with Gasteiger partial charge in [-0.2, -0.15) is 0 Å². The second-order valence-corrected chi connectivity index (χ2v) is 7.51. The van der Waals surface area contributed by atoms with Crippen molar-refractivity contribution in [3.63, 3.8) is 0 Å². The number of rotatable bonds is 5. The molecular formula is C21H35IN4O. The molecule has 0 amide bonds. The number of halogens is 1. The maximum atomic E-state index is 5.55. The minimum Gasteiger partial charge on any atom is -0.379 e. The van der Waals surface area contributed by atoms with Crippen LogP contribution in [-0.2, 0) is 4.74 Å². The summed E-state index contributed by atoms with van der Waals surface area (Å²) < 4.78 is 5.55. The van der Waals surface area contributed by atoms with Crippen molar-refractivity contribution in [2.45, 2.75) is 51.1 Å². The average molecular weight is 486 g/mol. The van der Waals surface area contributed by atoms with Gasteiger partial charge in [0.2, 0.25) is 0 Å². The van der Waals surface area contributed by atoms with E-state index in [9.17, 15) is 0 Å². The largest absolute Gasteiger partial charge is 0.379 e. The Labute approximate surface area is 181 Å². The molecule has 0 spiro atoms. The van der Waals surface area contributed by atoms with Gasteiger partial charge in [0.15, 0.2) is 5.96 Å². The molecule has 3 rings (SSSR count). The van der Waals surface area contributed by atoms with Crippen LogP contribution in [0.3, 0.4) is 0 Å². The second kappa shape index (κ2) is 11.9. The van der Waals surface area contributed by atoms with Crippen molar-refractivity contribution in [3.8, 4) is 0 Å². The minimum atomic E-state index is 0. The molecule has 152 valence electrons. The first kappa shape index (κ1) is 22.4. The highest BCUT2D eigenvalue weighted by atomic mass is 127. The van der Waals surface area contributed by atoms with Crippen molar-refractivity contribution in [2.75, 3.05) is 39.9 Å². The van der Waals surface area contributed by atoms with Crippen LogP contribution in [0.5, 0.6) is 0 Å². The van der Waals surface area contributed by atoms with Crippen molar-refractivity contribution >= 4 is 29.9 Å². The Bertz CT molecular complexity index is 566. The van der Waals surface area contributed by atoms with Crippen LogP contribution in [0.15, 0.2) is 29.3 Å². The number of nitrogens with one attached hydrogen (secondary N) is 2. The topological polar surface area (TPSA) is 48.9 Å². The number of hydrogen-bond donors (Lipinski definition) is 2. The first-order valence-corrected chi connectivity index (χ1v) is 10.1. The van der Waals surface area contributed by atoms with E-state index < -0.39 is 0 Å². The van der Waals surface area contributed by atoms with Crippen LogP contribution in [-0.4, -0.2) is 56.8 Å². The van der Waals surface area contributed by atoms with Crippen molar-refractivity contribution < 1.29 is 4.74 Å². The van der Waals surface area contributed by atoms with Gasteiger partial charge in [-0.25, -0.2) is 0 Å². The molecule has 1 saturated carbocycles. The van der Waals surface area contributed by atoms with Crippen LogP contribution in [0.4, 0.5) is 0 Å². The smallest absolute Gasteiger partial charge is 0.191 e. The summed E-state index contributed by atoms with van der Waals surface area (Å²) in [5, 5.41) is 7.20. The van der Waals surface area contributed by atoms with E-state index in [1.165, 1.54) is 43.2 Å². The van der Waals surface area contributed by atoms with Crippen LogP contribution in [0.25, 0.3) is 0 Å². The summed E-state index contributed by atoms with van der Waals surface area (Å²) in [6.45, 7) is 6.59. The molecule has 1 aliphatic carbocycles. The van der Waals surface area contributed by atoms with Gasteiger partial charge < -0.3 is 15.4 Å².